The lowest BCUT2D eigenvalue weighted by molar-refractivity contribution is 0.0897. The lowest BCUT2D eigenvalue weighted by Crippen LogP contribution is -2.44. The van der Waals surface area contributed by atoms with Crippen LogP contribution < -0.4 is 18.9 Å². The minimum Gasteiger partial charge on any atom is -0.489 e. The summed E-state index contributed by atoms with van der Waals surface area (Å²) in [5, 5.41) is 0. The molecule has 0 radical (unpaired) electrons. The number of Topliss-reactive ketones (excluding diaryl/α,β-unsaturated/α-hetero) is 1. The van der Waals surface area contributed by atoms with Gasteiger partial charge in [0.2, 0.25) is 11.6 Å². The van der Waals surface area contributed by atoms with Gasteiger partial charge >= 0.3 is 6.09 Å². The Balaban J connectivity index is 3.76. The van der Waals surface area contributed by atoms with Gasteiger partial charge in [-0.2, -0.15) is 4.98 Å². The Kier molecular flexibility index (Phi) is 10.9. The number of amides is 1. The van der Waals surface area contributed by atoms with Crippen LogP contribution >= 0.6 is 0 Å². The molecule has 0 fully saturated rings. The second-order valence-corrected chi connectivity index (χ2v) is 9.31. The van der Waals surface area contributed by atoms with Crippen LogP contribution in [0.25, 0.3) is 0 Å². The van der Waals surface area contributed by atoms with Gasteiger partial charge in [0.1, 0.15) is 5.56 Å². The summed E-state index contributed by atoms with van der Waals surface area (Å²) < 4.78 is 22.6. The summed E-state index contributed by atoms with van der Waals surface area (Å²) in [7, 11) is 2.84. The number of nitrogens with zero attached hydrogens (tertiary/aromatic N) is 2. The molecule has 1 heterocycles. The van der Waals surface area contributed by atoms with Gasteiger partial charge in [0.25, 0.3) is 5.88 Å². The molecule has 0 bridgehead atoms. The molecule has 2 unspecified atom stereocenters. The van der Waals surface area contributed by atoms with Crippen LogP contribution in [0.2, 0.25) is 0 Å². The first kappa shape index (κ1) is 28.5. The molecule has 0 spiro atoms. The fourth-order valence-corrected chi connectivity index (χ4v) is 3.73. The Morgan fingerprint density at radius 1 is 0.879 bits per heavy atom. The Labute approximate surface area is 198 Å². The first-order valence-electron chi connectivity index (χ1n) is 11.8. The number of ketones is 1. The molecule has 1 aromatic rings. The van der Waals surface area contributed by atoms with E-state index < -0.39 is 6.09 Å². The second-order valence-electron chi connectivity index (χ2n) is 9.31. The molecule has 0 aromatic carbocycles. The third kappa shape index (κ3) is 7.24. The van der Waals surface area contributed by atoms with Crippen LogP contribution in [-0.4, -0.2) is 54.2 Å². The van der Waals surface area contributed by atoms with E-state index in [4.69, 9.17) is 18.9 Å². The van der Waals surface area contributed by atoms with Gasteiger partial charge < -0.3 is 23.8 Å². The third-order valence-electron chi connectivity index (χ3n) is 5.45. The van der Waals surface area contributed by atoms with Crippen molar-refractivity contribution in [1.82, 2.24) is 9.88 Å². The molecule has 0 aliphatic carbocycles. The Morgan fingerprint density at radius 3 is 1.88 bits per heavy atom. The molecule has 2 atom stereocenters. The van der Waals surface area contributed by atoms with Gasteiger partial charge in [-0.1, -0.05) is 27.2 Å². The van der Waals surface area contributed by atoms with Crippen LogP contribution in [0.4, 0.5) is 4.79 Å². The van der Waals surface area contributed by atoms with Gasteiger partial charge in [-0.25, -0.2) is 4.79 Å². The summed E-state index contributed by atoms with van der Waals surface area (Å²) in [5.74, 6) is -0.0171. The molecule has 0 N–H and O–H groups in total. The molecule has 1 aromatic heterocycles. The molecule has 1 rings (SSSR count). The van der Waals surface area contributed by atoms with Gasteiger partial charge in [-0.15, -0.1) is 0 Å². The van der Waals surface area contributed by atoms with E-state index in [-0.39, 0.29) is 58.7 Å². The number of methoxy groups -OCH3 is 2. The average Bonchev–Trinajstić information content (AvgIpc) is 2.71. The normalized spacial score (nSPS) is 13.2. The molecular weight excluding hydrogens is 424 g/mol. The zero-order chi connectivity index (χ0) is 25.5. The summed E-state index contributed by atoms with van der Waals surface area (Å²) in [6, 6.07) is -0.218. The van der Waals surface area contributed by atoms with Crippen molar-refractivity contribution in [1.29, 1.82) is 0 Å². The van der Waals surface area contributed by atoms with E-state index in [1.54, 1.807) is 4.90 Å². The maximum atomic E-state index is 13.7. The molecule has 1 amide bonds. The highest BCUT2D eigenvalue weighted by molar-refractivity contribution is 6.03. The summed E-state index contributed by atoms with van der Waals surface area (Å²) in [6.45, 7) is 17.3. The van der Waals surface area contributed by atoms with E-state index in [0.717, 1.165) is 6.42 Å². The van der Waals surface area contributed by atoms with E-state index in [1.165, 1.54) is 14.2 Å². The number of carbonyl (C=O) groups excluding carboxylic acids is 2. The highest BCUT2D eigenvalue weighted by Gasteiger charge is 2.34. The lowest BCUT2D eigenvalue weighted by Gasteiger charge is -2.30. The molecule has 0 aliphatic heterocycles. The molecule has 8 nitrogen and oxygen atoms in total. The van der Waals surface area contributed by atoms with E-state index in [9.17, 15) is 9.59 Å². The van der Waals surface area contributed by atoms with Crippen LogP contribution in [0.5, 0.6) is 23.3 Å². The number of hydrogen-bond acceptors (Lipinski definition) is 7. The molecule has 188 valence electrons. The smallest absolute Gasteiger partial charge is 0.415 e. The van der Waals surface area contributed by atoms with Gasteiger partial charge in [0.05, 0.1) is 20.3 Å². The predicted molar refractivity (Wildman–Crippen MR) is 129 cm³/mol. The summed E-state index contributed by atoms with van der Waals surface area (Å²) in [6.07, 6.45) is 0.781. The van der Waals surface area contributed by atoms with Crippen LogP contribution in [0, 0.1) is 11.8 Å². The van der Waals surface area contributed by atoms with Crippen molar-refractivity contribution in [2.75, 3.05) is 14.2 Å². The van der Waals surface area contributed by atoms with Crippen LogP contribution in [0.3, 0.4) is 0 Å². The summed E-state index contributed by atoms with van der Waals surface area (Å²) in [4.78, 5) is 32.9. The van der Waals surface area contributed by atoms with Crippen molar-refractivity contribution in [3.8, 4) is 23.3 Å². The first-order chi connectivity index (χ1) is 15.4. The van der Waals surface area contributed by atoms with Crippen LogP contribution in [0.1, 0.15) is 85.5 Å². The summed E-state index contributed by atoms with van der Waals surface area (Å²) in [5.41, 5.74) is 0.0953. The fourth-order valence-electron chi connectivity index (χ4n) is 3.73. The minimum absolute atomic E-state index is 0.0303. The number of aromatic nitrogens is 1. The number of carbonyl (C=O) groups is 2. The SMILES string of the molecule is CCC(C)CC(C)C(=O)c1c(OC(C)C)nc(OC)c(OC)c1OC(=O)N(C(C)C)C(C)C. The van der Waals surface area contributed by atoms with Crippen molar-refractivity contribution in [2.45, 2.75) is 93.3 Å². The molecular formula is C25H42N2O6. The zero-order valence-corrected chi connectivity index (χ0v) is 22.1. The standard InChI is InChI=1S/C25H42N2O6/c1-12-17(8)13-18(9)20(28)19-21(33-25(29)27(14(2)3)15(4)5)22(30-10)24(31-11)26-23(19)32-16(6)7/h14-18H,12-13H2,1-11H3. The monoisotopic (exact) mass is 466 g/mol. The molecule has 33 heavy (non-hydrogen) atoms. The number of hydrogen-bond donors (Lipinski definition) is 0. The Bertz CT molecular complexity index is 799. The van der Waals surface area contributed by atoms with Gasteiger partial charge in [0, 0.05) is 18.0 Å². The fraction of sp³-hybridized carbons (Fsp3) is 0.720. The number of rotatable bonds is 12. The van der Waals surface area contributed by atoms with E-state index in [2.05, 4.69) is 18.8 Å². The molecule has 0 saturated heterocycles. The number of pyridine rings is 1. The zero-order valence-electron chi connectivity index (χ0n) is 22.1. The third-order valence-corrected chi connectivity index (χ3v) is 5.45. The lowest BCUT2D eigenvalue weighted by atomic mass is 9.89. The predicted octanol–water partition coefficient (Wildman–Crippen LogP) is 5.76. The summed E-state index contributed by atoms with van der Waals surface area (Å²) >= 11 is 0. The van der Waals surface area contributed by atoms with Gasteiger partial charge in [-0.3, -0.25) is 4.79 Å². The van der Waals surface area contributed by atoms with Crippen LogP contribution in [-0.2, 0) is 0 Å². The highest BCUT2D eigenvalue weighted by atomic mass is 16.6. The Hall–Kier alpha value is -2.51. The topological polar surface area (TPSA) is 87.2 Å². The van der Waals surface area contributed by atoms with Crippen molar-refractivity contribution in [3.63, 3.8) is 0 Å². The maximum Gasteiger partial charge on any atom is 0.415 e. The molecule has 0 saturated carbocycles. The maximum absolute atomic E-state index is 13.7. The quantitative estimate of drug-likeness (QED) is 0.362. The van der Waals surface area contributed by atoms with E-state index in [0.29, 0.717) is 12.3 Å². The van der Waals surface area contributed by atoms with Crippen LogP contribution in [0.15, 0.2) is 0 Å². The van der Waals surface area contributed by atoms with Crippen molar-refractivity contribution in [3.05, 3.63) is 5.56 Å². The van der Waals surface area contributed by atoms with Crippen molar-refractivity contribution >= 4 is 11.9 Å². The highest BCUT2D eigenvalue weighted by Crippen LogP contribution is 2.45. The minimum atomic E-state index is -0.592. The molecule has 0 aliphatic rings. The average molecular weight is 467 g/mol. The van der Waals surface area contributed by atoms with Crippen molar-refractivity contribution in [2.24, 2.45) is 11.8 Å². The Morgan fingerprint density at radius 2 is 1.45 bits per heavy atom. The van der Waals surface area contributed by atoms with E-state index >= 15 is 0 Å². The number of ether oxygens (including phenoxy) is 4. The molecule has 8 heteroatoms. The van der Waals surface area contributed by atoms with E-state index in [1.807, 2.05) is 48.5 Å². The largest absolute Gasteiger partial charge is 0.489 e. The van der Waals surface area contributed by atoms with Gasteiger partial charge in [-0.05, 0) is 53.9 Å². The van der Waals surface area contributed by atoms with Crippen molar-refractivity contribution < 1.29 is 28.5 Å². The van der Waals surface area contributed by atoms with Gasteiger partial charge in [0.15, 0.2) is 11.5 Å². The first-order valence-corrected chi connectivity index (χ1v) is 11.8. The second kappa shape index (κ2) is 12.7.